The van der Waals surface area contributed by atoms with Crippen molar-refractivity contribution >= 4 is 17.6 Å². The van der Waals surface area contributed by atoms with Crippen LogP contribution in [0.15, 0.2) is 64.4 Å². The number of hydrazone groups is 1. The summed E-state index contributed by atoms with van der Waals surface area (Å²) in [6.45, 7) is 4.15. The van der Waals surface area contributed by atoms with Crippen molar-refractivity contribution in [2.24, 2.45) is 5.10 Å². The number of alkyl halides is 5. The fraction of sp³-hybridized carbons (Fsp3) is 0.400. The molecule has 0 unspecified atom stereocenters. The zero-order valence-electron chi connectivity index (χ0n) is 21.3. The van der Waals surface area contributed by atoms with Crippen LogP contribution in [0.5, 0.6) is 0 Å². The number of benzene rings is 1. The number of carbonyl (C=O) groups excluding carboxylic acids is 1. The number of carboxylic acids is 1. The molecule has 1 aromatic rings. The van der Waals surface area contributed by atoms with E-state index in [9.17, 15) is 36.0 Å². The van der Waals surface area contributed by atoms with E-state index in [2.05, 4.69) is 10.4 Å². The molecule has 0 fully saturated rings. The lowest BCUT2D eigenvalue weighted by Gasteiger charge is -2.26. The zero-order valence-corrected chi connectivity index (χ0v) is 21.3. The summed E-state index contributed by atoms with van der Waals surface area (Å²) < 4.78 is 80.6. The van der Waals surface area contributed by atoms with Gasteiger partial charge in [-0.05, 0) is 38.3 Å². The highest BCUT2D eigenvalue weighted by molar-refractivity contribution is 5.94. The summed E-state index contributed by atoms with van der Waals surface area (Å²) in [5, 5.41) is 15.9. The highest BCUT2D eigenvalue weighted by Crippen LogP contribution is 2.30. The number of carbonyl (C=O) groups is 2. The zero-order chi connectivity index (χ0) is 29.1. The minimum absolute atomic E-state index is 0.0326. The van der Waals surface area contributed by atoms with Gasteiger partial charge in [-0.25, -0.2) is 4.79 Å². The van der Waals surface area contributed by atoms with Crippen molar-refractivity contribution in [3.63, 3.8) is 0 Å². The van der Waals surface area contributed by atoms with Crippen molar-refractivity contribution in [3.8, 4) is 0 Å². The summed E-state index contributed by atoms with van der Waals surface area (Å²) in [6, 6.07) is 0.0812. The second-order valence-corrected chi connectivity index (χ2v) is 8.20. The lowest BCUT2D eigenvalue weighted by atomic mass is 10.1. The number of nitrogens with zero attached hydrogens (tertiary/aromatic N) is 2. The Morgan fingerprint density at radius 2 is 1.82 bits per heavy atom. The molecule has 0 bridgehead atoms. The Morgan fingerprint density at radius 3 is 2.37 bits per heavy atom. The standard InChI is InChI=1S/C25H30F6N4O3/c1-5-9-19(23(37)38)11-6-7-13-32-22(36)17(3)21(25(29,30)34-31)35(4)33-16(2)14-18-10-8-12-20(15-18)24(26,27)28/h6,8-12,15,34H,5,7,13-14H2,1-4H3,(H,32,36)(H,37,38)/b11-6-,19-9+,21-17+,33-16+. The number of hydrogen-bond donors (Lipinski definition) is 3. The maximum Gasteiger partial charge on any atom is 0.416 e. The van der Waals surface area contributed by atoms with E-state index < -0.39 is 40.9 Å². The van der Waals surface area contributed by atoms with E-state index in [-0.39, 0.29) is 36.2 Å². The molecule has 0 aromatic heterocycles. The molecule has 13 heteroatoms. The number of rotatable bonds is 13. The summed E-state index contributed by atoms with van der Waals surface area (Å²) >= 11 is 0. The molecule has 7 nitrogen and oxygen atoms in total. The van der Waals surface area contributed by atoms with Gasteiger partial charge in [0.1, 0.15) is 5.70 Å². The van der Waals surface area contributed by atoms with Gasteiger partial charge in [0.15, 0.2) is 0 Å². The van der Waals surface area contributed by atoms with Gasteiger partial charge >= 0.3 is 18.2 Å². The highest BCUT2D eigenvalue weighted by atomic mass is 19.4. The van der Waals surface area contributed by atoms with E-state index in [1.807, 2.05) is 0 Å². The maximum atomic E-state index is 14.4. The molecule has 1 amide bonds. The first-order valence-corrected chi connectivity index (χ1v) is 11.4. The molecule has 0 aliphatic heterocycles. The molecular weight excluding hydrogens is 518 g/mol. The van der Waals surface area contributed by atoms with Gasteiger partial charge in [-0.3, -0.25) is 9.80 Å². The number of nitrogens with one attached hydrogen (secondary N) is 2. The third-order valence-electron chi connectivity index (χ3n) is 5.04. The normalized spacial score (nSPS) is 13.9. The molecule has 0 saturated heterocycles. The van der Waals surface area contributed by atoms with Crippen molar-refractivity contribution in [3.05, 3.63) is 70.5 Å². The van der Waals surface area contributed by atoms with Gasteiger partial charge in [-0.15, -0.1) is 4.48 Å². The minimum atomic E-state index is -4.56. The molecule has 0 aliphatic carbocycles. The van der Waals surface area contributed by atoms with Gasteiger partial charge in [0.05, 0.1) is 11.1 Å². The van der Waals surface area contributed by atoms with Crippen LogP contribution in [0, 0.1) is 0 Å². The third kappa shape index (κ3) is 10.0. The van der Waals surface area contributed by atoms with Crippen LogP contribution < -0.4 is 10.9 Å². The van der Waals surface area contributed by atoms with Crippen molar-refractivity contribution in [2.45, 2.75) is 52.3 Å². The molecule has 0 atom stereocenters. The van der Waals surface area contributed by atoms with Crippen LogP contribution in [0.25, 0.3) is 0 Å². The number of carboxylic acid groups (broad SMARTS) is 1. The van der Waals surface area contributed by atoms with Gasteiger partial charge in [-0.1, -0.05) is 48.9 Å². The molecule has 3 N–H and O–H groups in total. The van der Waals surface area contributed by atoms with E-state index in [0.717, 1.165) is 26.1 Å². The van der Waals surface area contributed by atoms with Gasteiger partial charge in [0.2, 0.25) is 5.91 Å². The molecule has 1 rings (SSSR count). The minimum Gasteiger partial charge on any atom is -0.478 e. The van der Waals surface area contributed by atoms with E-state index in [1.54, 1.807) is 6.92 Å². The van der Waals surface area contributed by atoms with Crippen molar-refractivity contribution in [1.29, 1.82) is 0 Å². The lowest BCUT2D eigenvalue weighted by Crippen LogP contribution is -2.41. The number of halogens is 6. The summed E-state index contributed by atoms with van der Waals surface area (Å²) in [6.07, 6.45) is 0.330. The van der Waals surface area contributed by atoms with Crippen LogP contribution in [0.2, 0.25) is 0 Å². The molecule has 0 radical (unpaired) electrons. The quantitative estimate of drug-likeness (QED) is 0.0450. The van der Waals surface area contributed by atoms with Crippen LogP contribution in [0.1, 0.15) is 44.7 Å². The molecule has 0 heterocycles. The van der Waals surface area contributed by atoms with Gasteiger partial charge in [0.25, 0.3) is 0 Å². The molecule has 38 heavy (non-hydrogen) atoms. The predicted octanol–water partition coefficient (Wildman–Crippen LogP) is 5.38. The molecule has 0 saturated carbocycles. The van der Waals surface area contributed by atoms with Crippen molar-refractivity contribution in [2.75, 3.05) is 13.6 Å². The number of amides is 1. The van der Waals surface area contributed by atoms with Crippen LogP contribution in [0.3, 0.4) is 0 Å². The molecule has 0 spiro atoms. The SMILES string of the molecule is CC/C=C(\C=C/CCNC(=O)/C(C)=C(/N(C)/N=C(\C)Cc1cccc(C(F)(F)F)c1)C(F)(F)NF)C(=O)O. The van der Waals surface area contributed by atoms with Crippen LogP contribution in [-0.4, -0.2) is 47.3 Å². The molecular formula is C25H30F6N4O3. The Morgan fingerprint density at radius 1 is 1.16 bits per heavy atom. The molecule has 0 aliphatic rings. The first-order chi connectivity index (χ1) is 17.6. The Bertz CT molecular complexity index is 1110. The fourth-order valence-electron chi connectivity index (χ4n) is 3.39. The number of aliphatic carboxylic acids is 1. The molecule has 1 aromatic carbocycles. The van der Waals surface area contributed by atoms with E-state index in [1.165, 1.54) is 37.3 Å². The number of hydrogen-bond acceptors (Lipinski definition) is 5. The van der Waals surface area contributed by atoms with Crippen molar-refractivity contribution in [1.82, 2.24) is 15.9 Å². The van der Waals surface area contributed by atoms with Crippen LogP contribution in [0.4, 0.5) is 26.4 Å². The summed E-state index contributed by atoms with van der Waals surface area (Å²) in [5.41, 5.74) is -1.83. The van der Waals surface area contributed by atoms with Gasteiger partial charge < -0.3 is 10.4 Å². The summed E-state index contributed by atoms with van der Waals surface area (Å²) in [4.78, 5) is 23.6. The van der Waals surface area contributed by atoms with E-state index >= 15 is 0 Å². The Kier molecular flexibility index (Phi) is 12.3. The first kappa shape index (κ1) is 32.4. The first-order valence-electron chi connectivity index (χ1n) is 11.4. The van der Waals surface area contributed by atoms with Crippen LogP contribution in [-0.2, 0) is 22.2 Å². The molecule has 210 valence electrons. The Hall–Kier alpha value is -3.61. The third-order valence-corrected chi connectivity index (χ3v) is 5.04. The van der Waals surface area contributed by atoms with Gasteiger partial charge in [-0.2, -0.15) is 27.1 Å². The average Bonchev–Trinajstić information content (AvgIpc) is 2.82. The Labute approximate surface area is 216 Å². The highest BCUT2D eigenvalue weighted by Gasteiger charge is 2.40. The van der Waals surface area contributed by atoms with Crippen molar-refractivity contribution < 1.29 is 41.1 Å². The smallest absolute Gasteiger partial charge is 0.416 e. The second kappa shape index (κ2) is 14.4. The fourth-order valence-corrected chi connectivity index (χ4v) is 3.39. The summed E-state index contributed by atoms with van der Waals surface area (Å²) in [5.74, 6) is -2.08. The summed E-state index contributed by atoms with van der Waals surface area (Å²) in [7, 11) is 1.04. The van der Waals surface area contributed by atoms with E-state index in [4.69, 9.17) is 5.11 Å². The topological polar surface area (TPSA) is 94.0 Å². The number of allylic oxidation sites excluding steroid dienone is 1. The lowest BCUT2D eigenvalue weighted by molar-refractivity contribution is -0.137. The van der Waals surface area contributed by atoms with Gasteiger partial charge in [0, 0.05) is 31.3 Å². The number of likely N-dealkylation sites (N-methyl/N-ethyl adjacent to an activating group) is 1. The largest absolute Gasteiger partial charge is 0.478 e. The van der Waals surface area contributed by atoms with E-state index in [0.29, 0.717) is 17.0 Å². The maximum absolute atomic E-state index is 14.4. The monoisotopic (exact) mass is 548 g/mol. The predicted molar refractivity (Wildman–Crippen MR) is 131 cm³/mol. The average molecular weight is 549 g/mol. The van der Waals surface area contributed by atoms with Crippen LogP contribution >= 0.6 is 0 Å². The second-order valence-electron chi connectivity index (χ2n) is 8.20. The Balaban J connectivity index is 3.07.